The third-order valence-corrected chi connectivity index (χ3v) is 4.75. The van der Waals surface area contributed by atoms with Gasteiger partial charge in [0.05, 0.1) is 28.0 Å². The summed E-state index contributed by atoms with van der Waals surface area (Å²) in [6, 6.07) is 5.66. The lowest BCUT2D eigenvalue weighted by Gasteiger charge is -2.14. The predicted molar refractivity (Wildman–Crippen MR) is 112 cm³/mol. The van der Waals surface area contributed by atoms with Gasteiger partial charge in [0.15, 0.2) is 0 Å². The second-order valence-electron chi connectivity index (χ2n) is 6.30. The first kappa shape index (κ1) is 21.2. The number of benzene rings is 1. The largest absolute Gasteiger partial charge is 0.492 e. The summed E-state index contributed by atoms with van der Waals surface area (Å²) in [6.07, 6.45) is 4.63. The molecular weight excluding hydrogens is 408 g/mol. The number of rotatable bonds is 9. The van der Waals surface area contributed by atoms with E-state index in [1.165, 1.54) is 19.3 Å². The summed E-state index contributed by atoms with van der Waals surface area (Å²) < 4.78 is 6.67. The molecule has 0 spiro atoms. The Morgan fingerprint density at radius 2 is 2.00 bits per heavy atom. The second-order valence-corrected chi connectivity index (χ2v) is 7.16. The molecule has 1 aromatic heterocycles. The topological polar surface area (TPSA) is 90.1 Å². The lowest BCUT2D eigenvalue weighted by atomic mass is 10.0. The van der Waals surface area contributed by atoms with Gasteiger partial charge in [0.25, 0.3) is 5.91 Å². The van der Waals surface area contributed by atoms with Gasteiger partial charge in [-0.15, -0.1) is 0 Å². The molecule has 3 N–H and O–H groups in total. The first-order valence-corrected chi connectivity index (χ1v) is 10.1. The molecule has 1 amide bonds. The van der Waals surface area contributed by atoms with Crippen LogP contribution in [0.25, 0.3) is 11.3 Å². The number of hydrogen-bond donors (Lipinski definition) is 2. The summed E-state index contributed by atoms with van der Waals surface area (Å²) in [4.78, 5) is 20.9. The van der Waals surface area contributed by atoms with E-state index in [-0.39, 0.29) is 11.9 Å². The van der Waals surface area contributed by atoms with Crippen LogP contribution in [0, 0.1) is 6.92 Å². The second kappa shape index (κ2) is 10.3. The first-order valence-electron chi connectivity index (χ1n) is 9.32. The summed E-state index contributed by atoms with van der Waals surface area (Å²) in [5.74, 6) is 0.703. The molecule has 0 saturated carbocycles. The summed E-state index contributed by atoms with van der Waals surface area (Å²) in [6.45, 7) is 7.02. The monoisotopic (exact) mass is 434 g/mol. The number of unbranched alkanes of at least 4 members (excludes halogenated alkanes) is 3. The van der Waals surface area contributed by atoms with Crippen molar-refractivity contribution in [2.75, 3.05) is 18.9 Å². The molecule has 146 valence electrons. The molecular formula is C20H27BrN4O2. The number of ether oxygens (including phenoxy) is 1. The number of anilines is 1. The normalized spacial score (nSPS) is 10.7. The number of halogens is 1. The van der Waals surface area contributed by atoms with Crippen LogP contribution in [0.1, 0.15) is 55.6 Å². The molecule has 0 saturated heterocycles. The average Bonchev–Trinajstić information content (AvgIpc) is 2.62. The highest BCUT2D eigenvalue weighted by atomic mass is 79.9. The number of nitrogens with two attached hydrogens (primary N) is 1. The SMILES string of the molecule is CCCCCCOc1ccc(-c2nc(N)nc(C)c2C(=O)NCC)cc1Br. The Kier molecular flexibility index (Phi) is 8.03. The number of amides is 1. The van der Waals surface area contributed by atoms with Crippen LogP contribution in [0.4, 0.5) is 5.95 Å². The number of aryl methyl sites for hydroxylation is 1. The third-order valence-electron chi connectivity index (χ3n) is 4.13. The summed E-state index contributed by atoms with van der Waals surface area (Å²) >= 11 is 3.56. The zero-order chi connectivity index (χ0) is 19.8. The summed E-state index contributed by atoms with van der Waals surface area (Å²) in [7, 11) is 0. The van der Waals surface area contributed by atoms with Gasteiger partial charge in [0, 0.05) is 12.1 Å². The maximum atomic E-state index is 12.5. The van der Waals surface area contributed by atoms with E-state index in [1.807, 2.05) is 25.1 Å². The van der Waals surface area contributed by atoms with Gasteiger partial charge < -0.3 is 15.8 Å². The van der Waals surface area contributed by atoms with Gasteiger partial charge in [-0.25, -0.2) is 9.97 Å². The van der Waals surface area contributed by atoms with E-state index in [0.717, 1.165) is 22.2 Å². The molecule has 0 unspecified atom stereocenters. The molecule has 2 rings (SSSR count). The Labute approximate surface area is 169 Å². The Bertz CT molecular complexity index is 796. The molecule has 1 aromatic carbocycles. The van der Waals surface area contributed by atoms with Gasteiger partial charge in [0.1, 0.15) is 5.75 Å². The van der Waals surface area contributed by atoms with Crippen LogP contribution in [0.2, 0.25) is 0 Å². The molecule has 1 heterocycles. The lowest BCUT2D eigenvalue weighted by molar-refractivity contribution is 0.0955. The number of carbonyl (C=O) groups excluding carboxylic acids is 1. The first-order chi connectivity index (χ1) is 13.0. The van der Waals surface area contributed by atoms with Crippen LogP contribution in [0.5, 0.6) is 5.75 Å². The van der Waals surface area contributed by atoms with E-state index < -0.39 is 0 Å². The zero-order valence-corrected chi connectivity index (χ0v) is 17.7. The van der Waals surface area contributed by atoms with Crippen molar-refractivity contribution in [3.63, 3.8) is 0 Å². The number of hydrogen-bond acceptors (Lipinski definition) is 5. The molecule has 7 heteroatoms. The summed E-state index contributed by atoms with van der Waals surface area (Å²) in [5, 5.41) is 2.81. The van der Waals surface area contributed by atoms with E-state index in [1.54, 1.807) is 6.92 Å². The highest BCUT2D eigenvalue weighted by Crippen LogP contribution is 2.32. The number of nitrogen functional groups attached to an aromatic ring is 1. The van der Waals surface area contributed by atoms with E-state index >= 15 is 0 Å². The Morgan fingerprint density at radius 1 is 1.22 bits per heavy atom. The van der Waals surface area contributed by atoms with E-state index in [2.05, 4.69) is 38.1 Å². The van der Waals surface area contributed by atoms with Crippen molar-refractivity contribution < 1.29 is 9.53 Å². The van der Waals surface area contributed by atoms with E-state index in [4.69, 9.17) is 10.5 Å². The Balaban J connectivity index is 2.28. The number of nitrogens with one attached hydrogen (secondary N) is 1. The van der Waals surface area contributed by atoms with E-state index in [9.17, 15) is 4.79 Å². The average molecular weight is 435 g/mol. The van der Waals surface area contributed by atoms with Gasteiger partial charge in [-0.1, -0.05) is 26.2 Å². The highest BCUT2D eigenvalue weighted by Gasteiger charge is 2.19. The van der Waals surface area contributed by atoms with Crippen LogP contribution in [-0.2, 0) is 0 Å². The van der Waals surface area contributed by atoms with Gasteiger partial charge in [-0.3, -0.25) is 4.79 Å². The predicted octanol–water partition coefficient (Wildman–Crippen LogP) is 4.51. The van der Waals surface area contributed by atoms with Crippen molar-refractivity contribution in [2.24, 2.45) is 0 Å². The minimum absolute atomic E-state index is 0.142. The van der Waals surface area contributed by atoms with Crippen molar-refractivity contribution in [3.05, 3.63) is 33.9 Å². The van der Waals surface area contributed by atoms with Crippen molar-refractivity contribution >= 4 is 27.8 Å². The van der Waals surface area contributed by atoms with Crippen molar-refractivity contribution in [3.8, 4) is 17.0 Å². The number of nitrogens with zero attached hydrogens (tertiary/aromatic N) is 2. The highest BCUT2D eigenvalue weighted by molar-refractivity contribution is 9.10. The van der Waals surface area contributed by atoms with Crippen molar-refractivity contribution in [1.29, 1.82) is 0 Å². The molecule has 0 radical (unpaired) electrons. The van der Waals surface area contributed by atoms with Gasteiger partial charge in [0.2, 0.25) is 5.95 Å². The van der Waals surface area contributed by atoms with Crippen LogP contribution < -0.4 is 15.8 Å². The lowest BCUT2D eigenvalue weighted by Crippen LogP contribution is -2.25. The standard InChI is InChI=1S/C20H27BrN4O2/c1-4-6-7-8-11-27-16-10-9-14(12-15(16)21)18-17(19(26)23-5-2)13(3)24-20(22)25-18/h9-10,12H,4-8,11H2,1-3H3,(H,23,26)(H2,22,24,25). The van der Waals surface area contributed by atoms with Crippen molar-refractivity contribution in [2.45, 2.75) is 46.5 Å². The van der Waals surface area contributed by atoms with Crippen LogP contribution in [-0.4, -0.2) is 29.0 Å². The molecule has 0 aliphatic heterocycles. The molecule has 2 aromatic rings. The molecule has 0 bridgehead atoms. The quantitative estimate of drug-likeness (QED) is 0.566. The number of aromatic nitrogens is 2. The molecule has 0 atom stereocenters. The third kappa shape index (κ3) is 5.66. The Morgan fingerprint density at radius 3 is 2.67 bits per heavy atom. The van der Waals surface area contributed by atoms with E-state index in [0.29, 0.717) is 30.1 Å². The maximum absolute atomic E-state index is 12.5. The molecule has 27 heavy (non-hydrogen) atoms. The molecule has 0 fully saturated rings. The minimum atomic E-state index is -0.211. The van der Waals surface area contributed by atoms with Crippen LogP contribution in [0.15, 0.2) is 22.7 Å². The van der Waals surface area contributed by atoms with Gasteiger partial charge in [-0.2, -0.15) is 0 Å². The van der Waals surface area contributed by atoms with Gasteiger partial charge in [-0.05, 0) is 54.4 Å². The van der Waals surface area contributed by atoms with Crippen LogP contribution in [0.3, 0.4) is 0 Å². The van der Waals surface area contributed by atoms with Crippen LogP contribution >= 0.6 is 15.9 Å². The Hall–Kier alpha value is -2.15. The maximum Gasteiger partial charge on any atom is 0.255 e. The van der Waals surface area contributed by atoms with Gasteiger partial charge >= 0.3 is 0 Å². The smallest absolute Gasteiger partial charge is 0.255 e. The summed E-state index contributed by atoms with van der Waals surface area (Å²) in [5.41, 5.74) is 8.10. The fourth-order valence-corrected chi connectivity index (χ4v) is 3.29. The fourth-order valence-electron chi connectivity index (χ4n) is 2.80. The minimum Gasteiger partial charge on any atom is -0.492 e. The number of carbonyl (C=O) groups is 1. The molecule has 0 aliphatic carbocycles. The fraction of sp³-hybridized carbons (Fsp3) is 0.450. The zero-order valence-electron chi connectivity index (χ0n) is 16.1. The van der Waals surface area contributed by atoms with Crippen molar-refractivity contribution in [1.82, 2.24) is 15.3 Å². The molecule has 6 nitrogen and oxygen atoms in total. The molecule has 0 aliphatic rings.